The number of amides is 1. The van der Waals surface area contributed by atoms with E-state index in [4.69, 9.17) is 14.2 Å². The number of nitrogens with zero attached hydrogens (tertiary/aromatic N) is 3. The predicted octanol–water partition coefficient (Wildman–Crippen LogP) is 1.75. The van der Waals surface area contributed by atoms with Gasteiger partial charge in [-0.25, -0.2) is 4.98 Å². The molecule has 0 saturated carbocycles. The molecule has 8 nitrogen and oxygen atoms in total. The van der Waals surface area contributed by atoms with E-state index in [1.807, 2.05) is 0 Å². The zero-order chi connectivity index (χ0) is 18.5. The molecular weight excluding hydrogens is 336 g/mol. The average Bonchev–Trinajstić information content (AvgIpc) is 2.72. The Hall–Kier alpha value is -2.87. The zero-order valence-corrected chi connectivity index (χ0v) is 15.1. The van der Waals surface area contributed by atoms with E-state index < -0.39 is 0 Å². The number of morpholine rings is 1. The van der Waals surface area contributed by atoms with E-state index in [0.29, 0.717) is 48.3 Å². The summed E-state index contributed by atoms with van der Waals surface area (Å²) in [6.45, 7) is 1.33. The van der Waals surface area contributed by atoms with Gasteiger partial charge in [-0.3, -0.25) is 9.78 Å². The van der Waals surface area contributed by atoms with Gasteiger partial charge in [-0.2, -0.15) is 0 Å². The highest BCUT2D eigenvalue weighted by Crippen LogP contribution is 2.28. The number of aromatic nitrogens is 2. The maximum atomic E-state index is 13.0. The third-order valence-corrected chi connectivity index (χ3v) is 4.22. The van der Waals surface area contributed by atoms with Gasteiger partial charge >= 0.3 is 0 Å². The number of hydrogen-bond donors (Lipinski definition) is 1. The number of anilines is 1. The Morgan fingerprint density at radius 1 is 1.19 bits per heavy atom. The number of methoxy groups -OCH3 is 2. The highest BCUT2D eigenvalue weighted by Gasteiger charge is 2.29. The highest BCUT2D eigenvalue weighted by molar-refractivity contribution is 5.95. The van der Waals surface area contributed by atoms with Gasteiger partial charge in [0.2, 0.25) is 0 Å². The topological polar surface area (TPSA) is 85.8 Å². The number of ether oxygens (including phenoxy) is 3. The quantitative estimate of drug-likeness (QED) is 0.871. The molecule has 3 rings (SSSR count). The van der Waals surface area contributed by atoms with Gasteiger partial charge in [0.15, 0.2) is 0 Å². The Kier molecular flexibility index (Phi) is 5.52. The van der Waals surface area contributed by atoms with Gasteiger partial charge in [0.25, 0.3) is 5.91 Å². The molecule has 1 aromatic carbocycles. The monoisotopic (exact) mass is 358 g/mol. The van der Waals surface area contributed by atoms with Crippen LogP contribution in [0.25, 0.3) is 0 Å². The molecule has 1 fully saturated rings. The van der Waals surface area contributed by atoms with E-state index in [1.54, 1.807) is 56.8 Å². The molecule has 1 atom stereocenters. The average molecular weight is 358 g/mol. The van der Waals surface area contributed by atoms with Crippen molar-refractivity contribution in [1.29, 1.82) is 0 Å². The molecule has 26 heavy (non-hydrogen) atoms. The van der Waals surface area contributed by atoms with Crippen molar-refractivity contribution in [2.24, 2.45) is 0 Å². The summed E-state index contributed by atoms with van der Waals surface area (Å²) < 4.78 is 16.3. The lowest BCUT2D eigenvalue weighted by atomic mass is 10.1. The van der Waals surface area contributed by atoms with Gasteiger partial charge in [-0.1, -0.05) is 0 Å². The van der Waals surface area contributed by atoms with E-state index in [-0.39, 0.29) is 12.0 Å². The second-order valence-electron chi connectivity index (χ2n) is 5.75. The summed E-state index contributed by atoms with van der Waals surface area (Å²) in [6, 6.07) is 5.14. The van der Waals surface area contributed by atoms with Crippen LogP contribution in [0.15, 0.2) is 30.6 Å². The summed E-state index contributed by atoms with van der Waals surface area (Å²) in [6.07, 6.45) is 2.90. The van der Waals surface area contributed by atoms with Crippen molar-refractivity contribution in [3.8, 4) is 11.5 Å². The van der Waals surface area contributed by atoms with Gasteiger partial charge in [0, 0.05) is 37.6 Å². The first-order valence-corrected chi connectivity index (χ1v) is 8.29. The van der Waals surface area contributed by atoms with Crippen LogP contribution in [-0.4, -0.2) is 61.7 Å². The van der Waals surface area contributed by atoms with Crippen LogP contribution in [0.2, 0.25) is 0 Å². The number of benzene rings is 1. The molecule has 2 heterocycles. The summed E-state index contributed by atoms with van der Waals surface area (Å²) >= 11 is 0. The molecule has 0 spiro atoms. The van der Waals surface area contributed by atoms with Gasteiger partial charge in [0.1, 0.15) is 29.1 Å². The van der Waals surface area contributed by atoms with Crippen LogP contribution in [0.5, 0.6) is 11.5 Å². The highest BCUT2D eigenvalue weighted by atomic mass is 16.5. The van der Waals surface area contributed by atoms with Crippen LogP contribution in [-0.2, 0) is 4.74 Å². The molecule has 138 valence electrons. The number of carbonyl (C=O) groups excluding carboxylic acids is 1. The van der Waals surface area contributed by atoms with Crippen molar-refractivity contribution in [3.63, 3.8) is 0 Å². The maximum absolute atomic E-state index is 13.0. The Bertz CT molecular complexity index is 761. The summed E-state index contributed by atoms with van der Waals surface area (Å²) in [4.78, 5) is 23.3. The molecule has 0 radical (unpaired) electrons. The summed E-state index contributed by atoms with van der Waals surface area (Å²) in [7, 11) is 4.89. The molecule has 1 aliphatic heterocycles. The molecule has 2 aromatic rings. The lowest BCUT2D eigenvalue weighted by Crippen LogP contribution is -2.42. The first-order chi connectivity index (χ1) is 12.7. The fraction of sp³-hybridized carbons (Fsp3) is 0.389. The van der Waals surface area contributed by atoms with Crippen molar-refractivity contribution >= 4 is 11.7 Å². The van der Waals surface area contributed by atoms with E-state index in [1.165, 1.54) is 0 Å². The first kappa shape index (κ1) is 17.9. The molecule has 1 aromatic heterocycles. The SMILES string of the molecule is CNc1nccnc1C1CN(C(=O)c2cc(OC)cc(OC)c2)CCO1. The van der Waals surface area contributed by atoms with Crippen molar-refractivity contribution in [3.05, 3.63) is 41.9 Å². The summed E-state index contributed by atoms with van der Waals surface area (Å²) in [5.74, 6) is 1.69. The molecule has 1 unspecified atom stereocenters. The van der Waals surface area contributed by atoms with Crippen LogP contribution >= 0.6 is 0 Å². The Morgan fingerprint density at radius 2 is 1.88 bits per heavy atom. The third-order valence-electron chi connectivity index (χ3n) is 4.22. The van der Waals surface area contributed by atoms with Crippen LogP contribution in [0.4, 0.5) is 5.82 Å². The van der Waals surface area contributed by atoms with E-state index in [2.05, 4.69) is 15.3 Å². The molecule has 1 saturated heterocycles. The predicted molar refractivity (Wildman–Crippen MR) is 95.7 cm³/mol. The minimum Gasteiger partial charge on any atom is -0.497 e. The lowest BCUT2D eigenvalue weighted by Gasteiger charge is -2.33. The maximum Gasteiger partial charge on any atom is 0.254 e. The number of nitrogens with one attached hydrogen (secondary N) is 1. The molecular formula is C18H22N4O4. The van der Waals surface area contributed by atoms with Gasteiger partial charge in [-0.05, 0) is 12.1 Å². The van der Waals surface area contributed by atoms with Gasteiger partial charge < -0.3 is 24.4 Å². The normalized spacial score (nSPS) is 16.9. The lowest BCUT2D eigenvalue weighted by molar-refractivity contribution is -0.0245. The van der Waals surface area contributed by atoms with E-state index in [9.17, 15) is 4.79 Å². The standard InChI is InChI=1S/C18H22N4O4/c1-19-17-16(20-4-5-21-17)15-11-22(6-7-26-15)18(23)12-8-13(24-2)10-14(9-12)25-3/h4-5,8-10,15H,6-7,11H2,1-3H3,(H,19,21). The van der Waals surface area contributed by atoms with Crippen LogP contribution < -0.4 is 14.8 Å². The Labute approximate surface area is 152 Å². The molecule has 1 amide bonds. The second kappa shape index (κ2) is 8.01. The molecule has 8 heteroatoms. The first-order valence-electron chi connectivity index (χ1n) is 8.29. The third kappa shape index (κ3) is 3.70. The molecule has 0 aliphatic carbocycles. The minimum atomic E-state index is -0.337. The van der Waals surface area contributed by atoms with Crippen molar-refractivity contribution in [1.82, 2.24) is 14.9 Å². The number of hydrogen-bond acceptors (Lipinski definition) is 7. The largest absolute Gasteiger partial charge is 0.497 e. The van der Waals surface area contributed by atoms with Gasteiger partial charge in [0.05, 0.1) is 27.4 Å². The summed E-state index contributed by atoms with van der Waals surface area (Å²) in [5, 5.41) is 3.01. The van der Waals surface area contributed by atoms with Crippen LogP contribution in [0.3, 0.4) is 0 Å². The van der Waals surface area contributed by atoms with Crippen LogP contribution in [0, 0.1) is 0 Å². The smallest absolute Gasteiger partial charge is 0.254 e. The Balaban J connectivity index is 1.82. The van der Waals surface area contributed by atoms with E-state index >= 15 is 0 Å². The van der Waals surface area contributed by atoms with Crippen molar-refractivity contribution in [2.45, 2.75) is 6.10 Å². The molecule has 0 bridgehead atoms. The summed E-state index contributed by atoms with van der Waals surface area (Å²) in [5.41, 5.74) is 1.20. The van der Waals surface area contributed by atoms with Crippen molar-refractivity contribution < 1.29 is 19.0 Å². The van der Waals surface area contributed by atoms with Crippen LogP contribution in [0.1, 0.15) is 22.2 Å². The number of rotatable bonds is 5. The second-order valence-corrected chi connectivity index (χ2v) is 5.75. The van der Waals surface area contributed by atoms with Crippen molar-refractivity contribution in [2.75, 3.05) is 46.3 Å². The fourth-order valence-corrected chi connectivity index (χ4v) is 2.89. The Morgan fingerprint density at radius 3 is 2.54 bits per heavy atom. The minimum absolute atomic E-state index is 0.106. The van der Waals surface area contributed by atoms with E-state index in [0.717, 1.165) is 0 Å². The fourth-order valence-electron chi connectivity index (χ4n) is 2.89. The molecule has 1 aliphatic rings. The van der Waals surface area contributed by atoms with Gasteiger partial charge in [-0.15, -0.1) is 0 Å². The zero-order valence-electron chi connectivity index (χ0n) is 15.1. The molecule has 1 N–H and O–H groups in total. The number of carbonyl (C=O) groups is 1.